The molecule has 2 rings (SSSR count). The molecule has 1 nitrogen and oxygen atoms in total. The maximum atomic E-state index is 6.01. The number of halogens is 2. The number of thiophene rings is 1. The Balaban J connectivity index is 2.35. The molecule has 0 aliphatic heterocycles. The van der Waals surface area contributed by atoms with Crippen LogP contribution in [-0.2, 0) is 0 Å². The monoisotopic (exact) mass is 405 g/mol. The van der Waals surface area contributed by atoms with E-state index in [9.17, 15) is 0 Å². The Labute approximate surface area is 137 Å². The fraction of sp³-hybridized carbons (Fsp3) is 0.333. The van der Waals surface area contributed by atoms with Gasteiger partial charge in [0.1, 0.15) is 0 Å². The molecular weight excluding hydrogens is 389 g/mol. The van der Waals surface area contributed by atoms with Gasteiger partial charge in [-0.25, -0.2) is 0 Å². The molecule has 1 N–H and O–H groups in total. The number of hydrogen-bond donors (Lipinski definition) is 1. The Hall–Kier alpha value is -0.100. The number of benzene rings is 1. The summed E-state index contributed by atoms with van der Waals surface area (Å²) in [6.45, 7) is 4.49. The molecule has 1 aromatic carbocycles. The van der Waals surface area contributed by atoms with Crippen LogP contribution in [0.4, 0.5) is 0 Å². The summed E-state index contributed by atoms with van der Waals surface area (Å²) in [5, 5.41) is 4.19. The molecule has 19 heavy (non-hydrogen) atoms. The van der Waals surface area contributed by atoms with Crippen molar-refractivity contribution >= 4 is 45.5 Å². The van der Waals surface area contributed by atoms with E-state index in [0.29, 0.717) is 12.0 Å². The fourth-order valence-corrected chi connectivity index (χ4v) is 4.83. The minimum Gasteiger partial charge on any atom is -0.312 e. The molecule has 0 spiro atoms. The fourth-order valence-electron chi connectivity index (χ4n) is 2.16. The van der Waals surface area contributed by atoms with Crippen LogP contribution in [0.25, 0.3) is 10.4 Å². The molecular formula is C15H17ClINS. The van der Waals surface area contributed by atoms with Crippen molar-refractivity contribution in [2.45, 2.75) is 19.9 Å². The van der Waals surface area contributed by atoms with E-state index in [1.165, 1.54) is 18.9 Å². The normalized spacial score (nSPS) is 12.9. The Kier molecular flexibility index (Phi) is 5.29. The third-order valence-electron chi connectivity index (χ3n) is 3.11. The van der Waals surface area contributed by atoms with Gasteiger partial charge in [0.15, 0.2) is 0 Å². The van der Waals surface area contributed by atoms with Crippen molar-refractivity contribution in [3.63, 3.8) is 0 Å². The van der Waals surface area contributed by atoms with Gasteiger partial charge in [0.05, 0.1) is 0 Å². The Morgan fingerprint density at radius 1 is 1.21 bits per heavy atom. The zero-order valence-corrected chi connectivity index (χ0v) is 14.9. The minimum atomic E-state index is 0.420. The van der Waals surface area contributed by atoms with Crippen LogP contribution < -0.4 is 5.32 Å². The van der Waals surface area contributed by atoms with Crippen LogP contribution in [-0.4, -0.2) is 7.05 Å². The van der Waals surface area contributed by atoms with Gasteiger partial charge < -0.3 is 5.32 Å². The second-order valence-electron chi connectivity index (χ2n) is 4.84. The van der Waals surface area contributed by atoms with Gasteiger partial charge in [-0.1, -0.05) is 31.5 Å². The van der Waals surface area contributed by atoms with E-state index in [0.717, 1.165) is 5.02 Å². The SMILES string of the molecule is CNC(c1ccc(-c2ccc(Cl)cc2I)s1)C(C)C. The maximum Gasteiger partial charge on any atom is 0.0435 e. The standard InChI is InChI=1S/C15H17ClINS/c1-9(2)15(18-3)14-7-6-13(19-14)11-5-4-10(16)8-12(11)17/h4-9,15,18H,1-3H3. The largest absolute Gasteiger partial charge is 0.312 e. The van der Waals surface area contributed by atoms with Gasteiger partial charge in [-0.2, -0.15) is 0 Å². The molecule has 1 aromatic heterocycles. The zero-order valence-electron chi connectivity index (χ0n) is 11.2. The Morgan fingerprint density at radius 3 is 2.53 bits per heavy atom. The quantitative estimate of drug-likeness (QED) is 0.654. The summed E-state index contributed by atoms with van der Waals surface area (Å²) in [6.07, 6.45) is 0. The summed E-state index contributed by atoms with van der Waals surface area (Å²) >= 11 is 10.2. The number of rotatable bonds is 4. The van der Waals surface area contributed by atoms with Crippen molar-refractivity contribution in [3.05, 3.63) is 43.8 Å². The molecule has 1 unspecified atom stereocenters. The van der Waals surface area contributed by atoms with Crippen LogP contribution in [0.1, 0.15) is 24.8 Å². The van der Waals surface area contributed by atoms with Crippen molar-refractivity contribution in [3.8, 4) is 10.4 Å². The molecule has 0 radical (unpaired) electrons. The van der Waals surface area contributed by atoms with Gasteiger partial charge in [-0.05, 0) is 59.8 Å². The molecule has 0 fully saturated rings. The summed E-state index contributed by atoms with van der Waals surface area (Å²) in [5.74, 6) is 0.584. The van der Waals surface area contributed by atoms with Crippen LogP contribution in [0.3, 0.4) is 0 Å². The highest BCUT2D eigenvalue weighted by Gasteiger charge is 2.16. The van der Waals surface area contributed by atoms with E-state index >= 15 is 0 Å². The first-order chi connectivity index (χ1) is 9.02. The number of nitrogens with one attached hydrogen (secondary N) is 1. The topological polar surface area (TPSA) is 12.0 Å². The third-order valence-corrected chi connectivity index (χ3v) is 5.44. The lowest BCUT2D eigenvalue weighted by Gasteiger charge is -2.18. The van der Waals surface area contributed by atoms with Crippen molar-refractivity contribution in [2.75, 3.05) is 7.05 Å². The van der Waals surface area contributed by atoms with Crippen LogP contribution in [0, 0.1) is 9.49 Å². The predicted octanol–water partition coefficient (Wildman–Crippen LogP) is 5.59. The summed E-state index contributed by atoms with van der Waals surface area (Å²) in [5.41, 5.74) is 1.26. The molecule has 2 aromatic rings. The first-order valence-corrected chi connectivity index (χ1v) is 8.52. The van der Waals surface area contributed by atoms with Crippen LogP contribution >= 0.6 is 45.5 Å². The molecule has 0 aliphatic rings. The van der Waals surface area contributed by atoms with Crippen LogP contribution in [0.5, 0.6) is 0 Å². The van der Waals surface area contributed by atoms with Gasteiger partial charge in [0.25, 0.3) is 0 Å². The molecule has 0 saturated heterocycles. The highest BCUT2D eigenvalue weighted by molar-refractivity contribution is 14.1. The summed E-state index contributed by atoms with van der Waals surface area (Å²) in [6, 6.07) is 10.9. The lowest BCUT2D eigenvalue weighted by Crippen LogP contribution is -2.20. The average molecular weight is 406 g/mol. The second kappa shape index (κ2) is 6.57. The molecule has 0 amide bonds. The van der Waals surface area contributed by atoms with Crippen molar-refractivity contribution < 1.29 is 0 Å². The summed E-state index contributed by atoms with van der Waals surface area (Å²) in [4.78, 5) is 2.69. The molecule has 0 saturated carbocycles. The Morgan fingerprint density at radius 2 is 1.95 bits per heavy atom. The highest BCUT2D eigenvalue weighted by Crippen LogP contribution is 2.36. The molecule has 102 valence electrons. The van der Waals surface area contributed by atoms with E-state index in [1.807, 2.05) is 30.5 Å². The first kappa shape index (κ1) is 15.3. The van der Waals surface area contributed by atoms with Gasteiger partial charge in [-0.3, -0.25) is 0 Å². The summed E-state index contributed by atoms with van der Waals surface area (Å²) < 4.78 is 1.20. The smallest absolute Gasteiger partial charge is 0.0435 e. The van der Waals surface area contributed by atoms with Gasteiger partial charge in [-0.15, -0.1) is 11.3 Å². The molecule has 4 heteroatoms. The molecule has 0 bridgehead atoms. The van der Waals surface area contributed by atoms with Gasteiger partial charge in [0, 0.05) is 30.0 Å². The van der Waals surface area contributed by atoms with Gasteiger partial charge >= 0.3 is 0 Å². The van der Waals surface area contributed by atoms with Crippen molar-refractivity contribution in [1.82, 2.24) is 5.32 Å². The predicted molar refractivity (Wildman–Crippen MR) is 94.1 cm³/mol. The highest BCUT2D eigenvalue weighted by atomic mass is 127. The third kappa shape index (κ3) is 3.51. The van der Waals surface area contributed by atoms with E-state index in [-0.39, 0.29) is 0 Å². The zero-order chi connectivity index (χ0) is 14.0. The maximum absolute atomic E-state index is 6.01. The second-order valence-corrected chi connectivity index (χ2v) is 7.55. The minimum absolute atomic E-state index is 0.420. The van der Waals surface area contributed by atoms with Crippen molar-refractivity contribution in [1.29, 1.82) is 0 Å². The molecule has 1 atom stereocenters. The molecule has 0 aliphatic carbocycles. The van der Waals surface area contributed by atoms with E-state index < -0.39 is 0 Å². The molecule has 1 heterocycles. The van der Waals surface area contributed by atoms with E-state index in [2.05, 4.69) is 60.0 Å². The Bertz CT molecular complexity index is 565. The summed E-state index contributed by atoms with van der Waals surface area (Å²) in [7, 11) is 2.02. The lowest BCUT2D eigenvalue weighted by molar-refractivity contribution is 0.449. The van der Waals surface area contributed by atoms with Gasteiger partial charge in [0.2, 0.25) is 0 Å². The van der Waals surface area contributed by atoms with Crippen molar-refractivity contribution in [2.24, 2.45) is 5.92 Å². The number of hydrogen-bond acceptors (Lipinski definition) is 2. The lowest BCUT2D eigenvalue weighted by atomic mass is 10.0. The first-order valence-electron chi connectivity index (χ1n) is 6.25. The van der Waals surface area contributed by atoms with E-state index in [1.54, 1.807) is 0 Å². The average Bonchev–Trinajstić information content (AvgIpc) is 2.78. The van der Waals surface area contributed by atoms with E-state index in [4.69, 9.17) is 11.6 Å². The van der Waals surface area contributed by atoms with Crippen LogP contribution in [0.2, 0.25) is 5.02 Å². The van der Waals surface area contributed by atoms with Crippen LogP contribution in [0.15, 0.2) is 30.3 Å².